The summed E-state index contributed by atoms with van der Waals surface area (Å²) in [5.74, 6) is 1.21. The number of methoxy groups -OCH3 is 2. The Morgan fingerprint density at radius 2 is 1.88 bits per heavy atom. The molecule has 0 aromatic heterocycles. The van der Waals surface area contributed by atoms with Crippen molar-refractivity contribution in [2.75, 3.05) is 19.1 Å². The number of anilines is 1. The first-order chi connectivity index (χ1) is 12.6. The Labute approximate surface area is 157 Å². The molecule has 0 bridgehead atoms. The van der Waals surface area contributed by atoms with E-state index in [2.05, 4.69) is 5.32 Å². The molecule has 0 saturated carbocycles. The van der Waals surface area contributed by atoms with Crippen molar-refractivity contribution in [1.82, 2.24) is 5.32 Å². The van der Waals surface area contributed by atoms with Crippen LogP contribution < -0.4 is 19.7 Å². The number of allylic oxidation sites excluding steroid dienone is 2. The normalized spacial score (nSPS) is 15.6. The third-order valence-electron chi connectivity index (χ3n) is 3.87. The van der Waals surface area contributed by atoms with Crippen molar-refractivity contribution in [3.63, 3.8) is 0 Å². The fourth-order valence-electron chi connectivity index (χ4n) is 2.59. The lowest BCUT2D eigenvalue weighted by molar-refractivity contribution is -0.113. The zero-order chi connectivity index (χ0) is 18.5. The summed E-state index contributed by atoms with van der Waals surface area (Å²) in [6.07, 6.45) is 5.36. The molecule has 2 aromatic rings. The summed E-state index contributed by atoms with van der Waals surface area (Å²) in [5.41, 5.74) is 1.98. The lowest BCUT2D eigenvalue weighted by atomic mass is 10.2. The van der Waals surface area contributed by atoms with Crippen LogP contribution in [-0.2, 0) is 4.79 Å². The van der Waals surface area contributed by atoms with Gasteiger partial charge in [-0.3, -0.25) is 9.69 Å². The number of amides is 1. The highest BCUT2D eigenvalue weighted by molar-refractivity contribution is 7.80. The molecule has 5 nitrogen and oxygen atoms in total. The van der Waals surface area contributed by atoms with Crippen molar-refractivity contribution in [2.45, 2.75) is 0 Å². The van der Waals surface area contributed by atoms with Crippen molar-refractivity contribution in [3.05, 3.63) is 71.9 Å². The Morgan fingerprint density at radius 3 is 2.65 bits per heavy atom. The number of benzene rings is 2. The first-order valence-electron chi connectivity index (χ1n) is 7.95. The molecule has 1 amide bonds. The molecule has 0 unspecified atom stereocenters. The molecule has 26 heavy (non-hydrogen) atoms. The minimum atomic E-state index is -0.215. The second-order valence-corrected chi connectivity index (χ2v) is 5.84. The van der Waals surface area contributed by atoms with Crippen molar-refractivity contribution in [3.8, 4) is 11.5 Å². The number of nitrogens with one attached hydrogen (secondary N) is 1. The Hall–Kier alpha value is -3.12. The molecular formula is C20H18N2O3S. The van der Waals surface area contributed by atoms with Crippen molar-refractivity contribution in [2.24, 2.45) is 0 Å². The summed E-state index contributed by atoms with van der Waals surface area (Å²) in [5, 5.41) is 3.28. The average molecular weight is 366 g/mol. The van der Waals surface area contributed by atoms with Gasteiger partial charge in [0.1, 0.15) is 17.2 Å². The number of thiocarbonyl (C=S) groups is 1. The van der Waals surface area contributed by atoms with E-state index in [0.717, 1.165) is 11.3 Å². The number of hydrogen-bond acceptors (Lipinski definition) is 4. The SMILES string of the molecule is COc1cccc(N2C(=O)/C(=C/C=C/c3ccccc3OC)NC2=S)c1. The van der Waals surface area contributed by atoms with Gasteiger partial charge >= 0.3 is 0 Å². The topological polar surface area (TPSA) is 50.8 Å². The maximum atomic E-state index is 12.7. The molecule has 1 aliphatic rings. The van der Waals surface area contributed by atoms with Gasteiger partial charge in [-0.05, 0) is 36.5 Å². The van der Waals surface area contributed by atoms with E-state index >= 15 is 0 Å². The second-order valence-electron chi connectivity index (χ2n) is 5.45. The molecule has 2 aromatic carbocycles. The maximum Gasteiger partial charge on any atom is 0.281 e. The van der Waals surface area contributed by atoms with Gasteiger partial charge in [0.25, 0.3) is 5.91 Å². The lowest BCUT2D eigenvalue weighted by Crippen LogP contribution is -2.30. The second kappa shape index (κ2) is 7.84. The van der Waals surface area contributed by atoms with E-state index in [-0.39, 0.29) is 5.91 Å². The smallest absolute Gasteiger partial charge is 0.281 e. The first-order valence-corrected chi connectivity index (χ1v) is 8.35. The largest absolute Gasteiger partial charge is 0.497 e. The minimum absolute atomic E-state index is 0.215. The van der Waals surface area contributed by atoms with Crippen LogP contribution in [0.4, 0.5) is 5.69 Å². The van der Waals surface area contributed by atoms with Crippen LogP contribution in [0.15, 0.2) is 66.4 Å². The fourth-order valence-corrected chi connectivity index (χ4v) is 2.88. The van der Waals surface area contributed by atoms with Crippen LogP contribution in [0.25, 0.3) is 6.08 Å². The van der Waals surface area contributed by atoms with Gasteiger partial charge in [-0.2, -0.15) is 0 Å². The third kappa shape index (κ3) is 3.60. The van der Waals surface area contributed by atoms with E-state index in [9.17, 15) is 4.79 Å². The molecule has 0 spiro atoms. The van der Waals surface area contributed by atoms with E-state index in [1.165, 1.54) is 4.90 Å². The van der Waals surface area contributed by atoms with Gasteiger partial charge in [-0.25, -0.2) is 0 Å². The molecular weight excluding hydrogens is 348 g/mol. The number of carbonyl (C=O) groups is 1. The Bertz CT molecular complexity index is 905. The monoisotopic (exact) mass is 366 g/mol. The van der Waals surface area contributed by atoms with Crippen molar-refractivity contribution < 1.29 is 14.3 Å². The third-order valence-corrected chi connectivity index (χ3v) is 4.15. The van der Waals surface area contributed by atoms with E-state index in [1.54, 1.807) is 32.4 Å². The zero-order valence-electron chi connectivity index (χ0n) is 14.4. The number of para-hydroxylation sites is 1. The average Bonchev–Trinajstić information content (AvgIpc) is 2.95. The quantitative estimate of drug-likeness (QED) is 0.648. The van der Waals surface area contributed by atoms with Gasteiger partial charge in [-0.15, -0.1) is 0 Å². The van der Waals surface area contributed by atoms with Gasteiger partial charge in [0.05, 0.1) is 19.9 Å². The molecule has 0 atom stereocenters. The summed E-state index contributed by atoms with van der Waals surface area (Å²) >= 11 is 5.31. The molecule has 132 valence electrons. The van der Waals surface area contributed by atoms with Gasteiger partial charge < -0.3 is 14.8 Å². The van der Waals surface area contributed by atoms with Crippen LogP contribution in [-0.4, -0.2) is 25.2 Å². The van der Waals surface area contributed by atoms with Crippen molar-refractivity contribution >= 4 is 35.0 Å². The number of hydrogen-bond donors (Lipinski definition) is 1. The molecule has 1 N–H and O–H groups in total. The van der Waals surface area contributed by atoms with E-state index in [1.807, 2.05) is 48.5 Å². The molecule has 1 heterocycles. The molecule has 1 aliphatic heterocycles. The summed E-state index contributed by atoms with van der Waals surface area (Å²) in [7, 11) is 3.20. The highest BCUT2D eigenvalue weighted by Gasteiger charge is 2.31. The summed E-state index contributed by atoms with van der Waals surface area (Å²) in [6.45, 7) is 0. The minimum Gasteiger partial charge on any atom is -0.497 e. The number of rotatable bonds is 5. The Morgan fingerprint density at radius 1 is 1.08 bits per heavy atom. The Balaban J connectivity index is 1.82. The lowest BCUT2D eigenvalue weighted by Gasteiger charge is -2.14. The van der Waals surface area contributed by atoms with Crippen LogP contribution in [0.1, 0.15) is 5.56 Å². The predicted octanol–water partition coefficient (Wildman–Crippen LogP) is 3.52. The molecule has 3 rings (SSSR count). The predicted molar refractivity (Wildman–Crippen MR) is 106 cm³/mol. The molecule has 6 heteroatoms. The van der Waals surface area contributed by atoms with Crippen molar-refractivity contribution in [1.29, 1.82) is 0 Å². The van der Waals surface area contributed by atoms with Gasteiger partial charge in [0.2, 0.25) is 0 Å². The van der Waals surface area contributed by atoms with Crippen LogP contribution >= 0.6 is 12.2 Å². The molecule has 1 fully saturated rings. The fraction of sp³-hybridized carbons (Fsp3) is 0.100. The van der Waals surface area contributed by atoms with E-state index < -0.39 is 0 Å². The standard InChI is InChI=1S/C20H18N2O3S/c1-24-16-10-6-9-15(13-16)22-19(23)17(21-20(22)26)11-5-8-14-7-3-4-12-18(14)25-2/h3-13H,1-2H3,(H,21,26)/b8-5+,17-11-. The van der Waals surface area contributed by atoms with Crippen LogP contribution in [0.5, 0.6) is 11.5 Å². The summed E-state index contributed by atoms with van der Waals surface area (Å²) < 4.78 is 10.5. The van der Waals surface area contributed by atoms with Gasteiger partial charge in [-0.1, -0.05) is 36.4 Å². The first kappa shape index (κ1) is 17.7. The zero-order valence-corrected chi connectivity index (χ0v) is 15.2. The number of ether oxygens (including phenoxy) is 2. The van der Waals surface area contributed by atoms with Crippen LogP contribution in [0.3, 0.4) is 0 Å². The summed E-state index contributed by atoms with van der Waals surface area (Å²) in [4.78, 5) is 14.1. The van der Waals surface area contributed by atoms with Crippen LogP contribution in [0, 0.1) is 0 Å². The van der Waals surface area contributed by atoms with Gasteiger partial charge in [0, 0.05) is 11.6 Å². The number of nitrogens with zero attached hydrogens (tertiary/aromatic N) is 1. The maximum absolute atomic E-state index is 12.7. The molecule has 1 saturated heterocycles. The Kier molecular flexibility index (Phi) is 5.34. The highest BCUT2D eigenvalue weighted by atomic mass is 32.1. The van der Waals surface area contributed by atoms with E-state index in [4.69, 9.17) is 21.7 Å². The van der Waals surface area contributed by atoms with E-state index in [0.29, 0.717) is 22.2 Å². The summed E-state index contributed by atoms with van der Waals surface area (Å²) in [6, 6.07) is 14.8. The van der Waals surface area contributed by atoms with Crippen LogP contribution in [0.2, 0.25) is 0 Å². The number of carbonyl (C=O) groups excluding carboxylic acids is 1. The highest BCUT2D eigenvalue weighted by Crippen LogP contribution is 2.25. The van der Waals surface area contributed by atoms with Gasteiger partial charge in [0.15, 0.2) is 5.11 Å². The molecule has 0 radical (unpaired) electrons. The molecule has 0 aliphatic carbocycles.